The minimum absolute atomic E-state index is 0.114. The highest BCUT2D eigenvalue weighted by Gasteiger charge is 2.16. The smallest absolute Gasteiger partial charge is 0.407 e. The summed E-state index contributed by atoms with van der Waals surface area (Å²) >= 11 is 5.86. The molecule has 0 saturated carbocycles. The van der Waals surface area contributed by atoms with Gasteiger partial charge in [-0.25, -0.2) is 4.79 Å². The first-order chi connectivity index (χ1) is 12.1. The van der Waals surface area contributed by atoms with Gasteiger partial charge in [0, 0.05) is 18.0 Å². The van der Waals surface area contributed by atoms with E-state index >= 15 is 0 Å². The molecular weight excluding hydrogens is 362 g/mol. The van der Waals surface area contributed by atoms with Gasteiger partial charge in [-0.2, -0.15) is 0 Å². The molecule has 1 aromatic carbocycles. The summed E-state index contributed by atoms with van der Waals surface area (Å²) in [5.41, 5.74) is 4.21. The van der Waals surface area contributed by atoms with Gasteiger partial charge < -0.3 is 14.8 Å². The Morgan fingerprint density at radius 2 is 1.85 bits per heavy atom. The Morgan fingerprint density at radius 3 is 2.46 bits per heavy atom. The van der Waals surface area contributed by atoms with Crippen molar-refractivity contribution in [2.45, 2.75) is 39.2 Å². The van der Waals surface area contributed by atoms with E-state index in [0.29, 0.717) is 17.2 Å². The standard InChI is InChI=1S/C17H24ClN3O5/c1-17(2,3)26-16(24)19-9-5-6-14(22)20-21-15(23)12-10-11(18)7-8-13(12)25-4/h7-8,10H,5-6,9H2,1-4H3,(H,19,24)(H,20,22)(H,21,23). The van der Waals surface area contributed by atoms with Gasteiger partial charge in [-0.15, -0.1) is 0 Å². The van der Waals surface area contributed by atoms with Crippen molar-refractivity contribution in [3.05, 3.63) is 28.8 Å². The first kappa shape index (κ1) is 21.6. The Bertz CT molecular complexity index is 658. The summed E-state index contributed by atoms with van der Waals surface area (Å²) in [5, 5.41) is 2.92. The van der Waals surface area contributed by atoms with Crippen molar-refractivity contribution in [2.24, 2.45) is 0 Å². The van der Waals surface area contributed by atoms with Gasteiger partial charge in [0.1, 0.15) is 11.4 Å². The van der Waals surface area contributed by atoms with Crippen LogP contribution in [0.15, 0.2) is 18.2 Å². The monoisotopic (exact) mass is 385 g/mol. The van der Waals surface area contributed by atoms with Crippen LogP contribution in [0.4, 0.5) is 4.79 Å². The zero-order valence-electron chi connectivity index (χ0n) is 15.3. The van der Waals surface area contributed by atoms with E-state index in [1.165, 1.54) is 13.2 Å². The van der Waals surface area contributed by atoms with E-state index in [9.17, 15) is 14.4 Å². The van der Waals surface area contributed by atoms with Gasteiger partial charge in [0.05, 0.1) is 12.7 Å². The number of hydrazine groups is 1. The molecule has 0 saturated heterocycles. The number of halogens is 1. The number of alkyl carbamates (subject to hydrolysis) is 1. The van der Waals surface area contributed by atoms with Crippen molar-refractivity contribution < 1.29 is 23.9 Å². The zero-order chi connectivity index (χ0) is 19.7. The molecule has 1 rings (SSSR count). The fourth-order valence-electron chi connectivity index (χ4n) is 1.87. The number of methoxy groups -OCH3 is 1. The molecule has 8 nitrogen and oxygen atoms in total. The average Bonchev–Trinajstić information content (AvgIpc) is 2.55. The second-order valence-electron chi connectivity index (χ2n) is 6.38. The predicted octanol–water partition coefficient (Wildman–Crippen LogP) is 2.41. The first-order valence-electron chi connectivity index (χ1n) is 8.02. The van der Waals surface area contributed by atoms with Crippen molar-refractivity contribution in [1.29, 1.82) is 0 Å². The summed E-state index contributed by atoms with van der Waals surface area (Å²) in [5.74, 6) is -0.613. The lowest BCUT2D eigenvalue weighted by atomic mass is 10.2. The van der Waals surface area contributed by atoms with Gasteiger partial charge >= 0.3 is 6.09 Å². The Morgan fingerprint density at radius 1 is 1.15 bits per heavy atom. The lowest BCUT2D eigenvalue weighted by Crippen LogP contribution is -2.42. The maximum absolute atomic E-state index is 12.1. The maximum atomic E-state index is 12.1. The van der Waals surface area contributed by atoms with E-state index in [2.05, 4.69) is 16.2 Å². The number of ether oxygens (including phenoxy) is 2. The van der Waals surface area contributed by atoms with Crippen molar-refractivity contribution in [3.8, 4) is 5.75 Å². The number of carbonyl (C=O) groups excluding carboxylic acids is 3. The number of hydrogen-bond acceptors (Lipinski definition) is 5. The van der Waals surface area contributed by atoms with E-state index in [4.69, 9.17) is 21.1 Å². The molecule has 0 aromatic heterocycles. The highest BCUT2D eigenvalue weighted by atomic mass is 35.5. The van der Waals surface area contributed by atoms with Crippen LogP contribution in [0.1, 0.15) is 44.0 Å². The molecule has 0 aliphatic heterocycles. The summed E-state index contributed by atoms with van der Waals surface area (Å²) in [6.45, 7) is 5.56. The highest BCUT2D eigenvalue weighted by molar-refractivity contribution is 6.31. The molecule has 1 aromatic rings. The van der Waals surface area contributed by atoms with E-state index in [0.717, 1.165) is 0 Å². The van der Waals surface area contributed by atoms with Gasteiger partial charge in [0.25, 0.3) is 5.91 Å². The topological polar surface area (TPSA) is 106 Å². The molecule has 0 aliphatic rings. The summed E-state index contributed by atoms with van der Waals surface area (Å²) in [6.07, 6.45) is -0.0382. The molecule has 0 bridgehead atoms. The number of carbonyl (C=O) groups is 3. The molecule has 0 unspecified atom stereocenters. The molecule has 0 atom stereocenters. The van der Waals surface area contributed by atoms with Crippen LogP contribution in [0, 0.1) is 0 Å². The van der Waals surface area contributed by atoms with Crippen LogP contribution in [0.2, 0.25) is 5.02 Å². The van der Waals surface area contributed by atoms with Gasteiger partial charge in [0.2, 0.25) is 5.91 Å². The van der Waals surface area contributed by atoms with Crippen LogP contribution >= 0.6 is 11.6 Å². The van der Waals surface area contributed by atoms with Crippen LogP contribution in [-0.2, 0) is 9.53 Å². The van der Waals surface area contributed by atoms with Crippen molar-refractivity contribution >= 4 is 29.5 Å². The Balaban J connectivity index is 2.33. The largest absolute Gasteiger partial charge is 0.496 e. The Hall–Kier alpha value is -2.48. The molecule has 9 heteroatoms. The quantitative estimate of drug-likeness (QED) is 0.515. The molecule has 0 spiro atoms. The van der Waals surface area contributed by atoms with Crippen LogP contribution in [-0.4, -0.2) is 37.2 Å². The molecule has 0 radical (unpaired) electrons. The molecule has 3 N–H and O–H groups in total. The minimum Gasteiger partial charge on any atom is -0.496 e. The summed E-state index contributed by atoms with van der Waals surface area (Å²) in [4.78, 5) is 35.3. The van der Waals surface area contributed by atoms with Crippen LogP contribution in [0.5, 0.6) is 5.75 Å². The molecular formula is C17H24ClN3O5. The number of hydrogen-bond donors (Lipinski definition) is 3. The molecule has 0 heterocycles. The third-order valence-electron chi connectivity index (χ3n) is 2.97. The van der Waals surface area contributed by atoms with Crippen molar-refractivity contribution in [2.75, 3.05) is 13.7 Å². The lowest BCUT2D eigenvalue weighted by molar-refractivity contribution is -0.121. The Kier molecular flexibility index (Phi) is 8.18. The Labute approximate surface area is 157 Å². The second-order valence-corrected chi connectivity index (χ2v) is 6.82. The number of amides is 3. The second kappa shape index (κ2) is 9.86. The third-order valence-corrected chi connectivity index (χ3v) is 3.21. The SMILES string of the molecule is COc1ccc(Cl)cc1C(=O)NNC(=O)CCCNC(=O)OC(C)(C)C. The summed E-state index contributed by atoms with van der Waals surface area (Å²) in [7, 11) is 1.43. The maximum Gasteiger partial charge on any atom is 0.407 e. The average molecular weight is 386 g/mol. The number of benzene rings is 1. The van der Waals surface area contributed by atoms with E-state index < -0.39 is 23.5 Å². The minimum atomic E-state index is -0.576. The molecule has 0 fully saturated rings. The van der Waals surface area contributed by atoms with Gasteiger partial charge in [-0.05, 0) is 45.4 Å². The van der Waals surface area contributed by atoms with Crippen molar-refractivity contribution in [1.82, 2.24) is 16.2 Å². The normalized spacial score (nSPS) is 10.7. The van der Waals surface area contributed by atoms with E-state index in [1.54, 1.807) is 32.9 Å². The summed E-state index contributed by atoms with van der Waals surface area (Å²) < 4.78 is 10.2. The van der Waals surface area contributed by atoms with Gasteiger partial charge in [-0.1, -0.05) is 11.6 Å². The fraction of sp³-hybridized carbons (Fsp3) is 0.471. The van der Waals surface area contributed by atoms with E-state index in [1.807, 2.05) is 0 Å². The van der Waals surface area contributed by atoms with Crippen LogP contribution in [0.3, 0.4) is 0 Å². The predicted molar refractivity (Wildman–Crippen MR) is 97.1 cm³/mol. The lowest BCUT2D eigenvalue weighted by Gasteiger charge is -2.19. The van der Waals surface area contributed by atoms with Crippen LogP contribution < -0.4 is 20.9 Å². The highest BCUT2D eigenvalue weighted by Crippen LogP contribution is 2.22. The van der Waals surface area contributed by atoms with Gasteiger partial charge in [0.15, 0.2) is 0 Å². The fourth-order valence-corrected chi connectivity index (χ4v) is 2.04. The van der Waals surface area contributed by atoms with Gasteiger partial charge in [-0.3, -0.25) is 20.4 Å². The zero-order valence-corrected chi connectivity index (χ0v) is 16.0. The third kappa shape index (κ3) is 8.06. The van der Waals surface area contributed by atoms with Crippen molar-refractivity contribution in [3.63, 3.8) is 0 Å². The molecule has 3 amide bonds. The molecule has 144 valence electrons. The molecule has 0 aliphatic carbocycles. The van der Waals surface area contributed by atoms with Crippen LogP contribution in [0.25, 0.3) is 0 Å². The first-order valence-corrected chi connectivity index (χ1v) is 8.40. The molecule has 26 heavy (non-hydrogen) atoms. The number of nitrogens with one attached hydrogen (secondary N) is 3. The number of rotatable bonds is 6. The summed E-state index contributed by atoms with van der Waals surface area (Å²) in [6, 6.07) is 4.58. The van der Waals surface area contributed by atoms with E-state index in [-0.39, 0.29) is 18.5 Å².